The number of nitrogens with zero attached hydrogens (tertiary/aromatic N) is 1. The Morgan fingerprint density at radius 3 is 2.61 bits per heavy atom. The van der Waals surface area contributed by atoms with Gasteiger partial charge in [0.15, 0.2) is 0 Å². The maximum atomic E-state index is 13.2. The molecule has 194 valence electrons. The number of aromatic nitrogens is 1. The number of carbonyl (C=O) groups excluding carboxylic acids is 1. The zero-order chi connectivity index (χ0) is 26.6. The highest BCUT2D eigenvalue weighted by atomic mass is 35.5. The van der Waals surface area contributed by atoms with Gasteiger partial charge in [-0.2, -0.15) is 0 Å². The summed E-state index contributed by atoms with van der Waals surface area (Å²) in [6.07, 6.45) is 4.97. The quantitative estimate of drug-likeness (QED) is 0.224. The molecule has 38 heavy (non-hydrogen) atoms. The summed E-state index contributed by atoms with van der Waals surface area (Å²) in [7, 11) is 0. The van der Waals surface area contributed by atoms with Crippen LogP contribution in [0.15, 0.2) is 66.7 Å². The molecule has 3 aromatic carbocycles. The molecular formula is C32H31ClN2O3. The van der Waals surface area contributed by atoms with Crippen molar-refractivity contribution in [1.82, 2.24) is 10.3 Å². The van der Waals surface area contributed by atoms with E-state index in [4.69, 9.17) is 21.7 Å². The number of amides is 1. The number of carboxylic acids is 1. The number of fused-ring (bicyclic) bond motifs is 2. The van der Waals surface area contributed by atoms with Gasteiger partial charge in [-0.25, -0.2) is 4.98 Å². The monoisotopic (exact) mass is 526 g/mol. The number of benzene rings is 3. The first-order valence-electron chi connectivity index (χ1n) is 13.2. The van der Waals surface area contributed by atoms with Gasteiger partial charge in [-0.05, 0) is 97.2 Å². The minimum absolute atomic E-state index is 0.0261. The standard InChI is InChI=1S/C32H31ClN2O3/c1-2-20-7-9-21(10-8-20)31-23(5-3-4-6-30(36)37)17-25-18-24(12-15-28(25)34-31)32(38)35-29-16-11-22-19-26(33)13-14-27(22)29/h7-10,12-15,17-19,29H,2-6,11,16H2,1H3,(H,35,38)(H,36,37). The third kappa shape index (κ3) is 5.73. The van der Waals surface area contributed by atoms with E-state index in [1.165, 1.54) is 11.1 Å². The van der Waals surface area contributed by atoms with Crippen molar-refractivity contribution in [1.29, 1.82) is 0 Å². The van der Waals surface area contributed by atoms with E-state index >= 15 is 0 Å². The number of aryl methyl sites for hydroxylation is 3. The van der Waals surface area contributed by atoms with Gasteiger partial charge in [0.2, 0.25) is 0 Å². The highest BCUT2D eigenvalue weighted by molar-refractivity contribution is 6.30. The lowest BCUT2D eigenvalue weighted by Crippen LogP contribution is -2.27. The minimum Gasteiger partial charge on any atom is -0.481 e. The van der Waals surface area contributed by atoms with Crippen molar-refractivity contribution in [3.8, 4) is 11.3 Å². The van der Waals surface area contributed by atoms with Crippen molar-refractivity contribution in [3.63, 3.8) is 0 Å². The van der Waals surface area contributed by atoms with Gasteiger partial charge < -0.3 is 10.4 Å². The van der Waals surface area contributed by atoms with E-state index in [-0.39, 0.29) is 18.4 Å². The molecule has 1 heterocycles. The van der Waals surface area contributed by atoms with E-state index in [9.17, 15) is 9.59 Å². The Morgan fingerprint density at radius 2 is 1.84 bits per heavy atom. The van der Waals surface area contributed by atoms with E-state index in [0.29, 0.717) is 12.0 Å². The molecule has 5 nitrogen and oxygen atoms in total. The zero-order valence-corrected chi connectivity index (χ0v) is 22.2. The van der Waals surface area contributed by atoms with E-state index in [2.05, 4.69) is 42.6 Å². The highest BCUT2D eigenvalue weighted by Gasteiger charge is 2.24. The smallest absolute Gasteiger partial charge is 0.303 e. The number of unbranched alkanes of at least 4 members (excludes halogenated alkanes) is 1. The molecule has 1 unspecified atom stereocenters. The molecule has 5 rings (SSSR count). The summed E-state index contributed by atoms with van der Waals surface area (Å²) in [6.45, 7) is 2.13. The number of halogens is 1. The Morgan fingerprint density at radius 1 is 1.03 bits per heavy atom. The first kappa shape index (κ1) is 25.9. The van der Waals surface area contributed by atoms with Crippen LogP contribution in [-0.4, -0.2) is 22.0 Å². The zero-order valence-electron chi connectivity index (χ0n) is 21.5. The van der Waals surface area contributed by atoms with Crippen LogP contribution >= 0.6 is 11.6 Å². The van der Waals surface area contributed by atoms with Crippen LogP contribution < -0.4 is 5.32 Å². The van der Waals surface area contributed by atoms with Gasteiger partial charge in [0.25, 0.3) is 5.91 Å². The van der Waals surface area contributed by atoms with Gasteiger partial charge >= 0.3 is 5.97 Å². The van der Waals surface area contributed by atoms with E-state index in [0.717, 1.165) is 70.4 Å². The third-order valence-corrected chi connectivity index (χ3v) is 7.60. The van der Waals surface area contributed by atoms with E-state index in [1.807, 2.05) is 36.4 Å². The molecule has 1 aliphatic carbocycles. The van der Waals surface area contributed by atoms with Crippen molar-refractivity contribution < 1.29 is 14.7 Å². The van der Waals surface area contributed by atoms with Crippen LogP contribution in [0.1, 0.15) is 71.3 Å². The van der Waals surface area contributed by atoms with Crippen LogP contribution in [0.3, 0.4) is 0 Å². The number of pyridine rings is 1. The van der Waals surface area contributed by atoms with Gasteiger partial charge in [-0.1, -0.05) is 48.9 Å². The number of hydrogen-bond acceptors (Lipinski definition) is 3. The van der Waals surface area contributed by atoms with Crippen LogP contribution in [-0.2, 0) is 24.1 Å². The number of rotatable bonds is 9. The fourth-order valence-corrected chi connectivity index (χ4v) is 5.46. The Balaban J connectivity index is 1.42. The fourth-order valence-electron chi connectivity index (χ4n) is 5.27. The second-order valence-corrected chi connectivity index (χ2v) is 10.4. The molecule has 1 aromatic heterocycles. The lowest BCUT2D eigenvalue weighted by Gasteiger charge is -2.15. The summed E-state index contributed by atoms with van der Waals surface area (Å²) in [4.78, 5) is 29.2. The molecule has 0 saturated carbocycles. The number of carbonyl (C=O) groups is 2. The lowest BCUT2D eigenvalue weighted by atomic mass is 9.97. The predicted molar refractivity (Wildman–Crippen MR) is 152 cm³/mol. The van der Waals surface area contributed by atoms with Crippen LogP contribution in [0.25, 0.3) is 22.2 Å². The summed E-state index contributed by atoms with van der Waals surface area (Å²) in [5.74, 6) is -0.886. The predicted octanol–water partition coefficient (Wildman–Crippen LogP) is 7.33. The largest absolute Gasteiger partial charge is 0.481 e. The van der Waals surface area contributed by atoms with Gasteiger partial charge in [0.05, 0.1) is 17.3 Å². The molecule has 0 radical (unpaired) electrons. The molecule has 0 saturated heterocycles. The Kier molecular flexibility index (Phi) is 7.75. The third-order valence-electron chi connectivity index (χ3n) is 7.37. The minimum atomic E-state index is -0.777. The molecule has 0 fully saturated rings. The second kappa shape index (κ2) is 11.4. The fraction of sp³-hybridized carbons (Fsp3) is 0.281. The Bertz CT molecular complexity index is 1500. The van der Waals surface area contributed by atoms with Gasteiger partial charge in [0.1, 0.15) is 0 Å². The first-order valence-corrected chi connectivity index (χ1v) is 13.6. The molecule has 1 atom stereocenters. The Labute approximate surface area is 227 Å². The molecular weight excluding hydrogens is 496 g/mol. The Hall–Kier alpha value is -3.70. The second-order valence-electron chi connectivity index (χ2n) is 9.96. The van der Waals surface area contributed by atoms with Crippen LogP contribution in [0, 0.1) is 0 Å². The van der Waals surface area contributed by atoms with Crippen molar-refractivity contribution in [3.05, 3.63) is 99.6 Å². The number of carboxylic acid groups (broad SMARTS) is 1. The number of nitrogens with one attached hydrogen (secondary N) is 1. The normalized spacial score (nSPS) is 14.4. The summed E-state index contributed by atoms with van der Waals surface area (Å²) in [5, 5.41) is 13.8. The maximum absolute atomic E-state index is 13.2. The SMILES string of the molecule is CCc1ccc(-c2nc3ccc(C(=O)NC4CCc5cc(Cl)ccc54)cc3cc2CCCCC(=O)O)cc1. The van der Waals surface area contributed by atoms with Gasteiger partial charge in [-0.3, -0.25) is 9.59 Å². The van der Waals surface area contributed by atoms with Crippen LogP contribution in [0.5, 0.6) is 0 Å². The number of aliphatic carboxylic acids is 1. The van der Waals surface area contributed by atoms with Crippen molar-refractivity contribution in [2.75, 3.05) is 0 Å². The molecule has 0 bridgehead atoms. The topological polar surface area (TPSA) is 79.3 Å². The molecule has 0 aliphatic heterocycles. The first-order chi connectivity index (χ1) is 18.4. The maximum Gasteiger partial charge on any atom is 0.303 e. The van der Waals surface area contributed by atoms with Crippen LogP contribution in [0.2, 0.25) is 5.02 Å². The molecule has 6 heteroatoms. The summed E-state index contributed by atoms with van der Waals surface area (Å²) >= 11 is 6.14. The molecule has 1 amide bonds. The highest BCUT2D eigenvalue weighted by Crippen LogP contribution is 2.33. The van der Waals surface area contributed by atoms with Crippen molar-refractivity contribution >= 4 is 34.4 Å². The van der Waals surface area contributed by atoms with Crippen LogP contribution in [0.4, 0.5) is 0 Å². The van der Waals surface area contributed by atoms with Gasteiger partial charge in [0, 0.05) is 28.0 Å². The average Bonchev–Trinajstić information content (AvgIpc) is 3.31. The average molecular weight is 527 g/mol. The lowest BCUT2D eigenvalue weighted by molar-refractivity contribution is -0.137. The van der Waals surface area contributed by atoms with Gasteiger partial charge in [-0.15, -0.1) is 0 Å². The molecule has 4 aromatic rings. The number of hydrogen-bond donors (Lipinski definition) is 2. The summed E-state index contributed by atoms with van der Waals surface area (Å²) < 4.78 is 0. The van der Waals surface area contributed by atoms with Crippen molar-refractivity contribution in [2.24, 2.45) is 0 Å². The molecule has 0 spiro atoms. The molecule has 2 N–H and O–H groups in total. The summed E-state index contributed by atoms with van der Waals surface area (Å²) in [6, 6.07) is 22.0. The van der Waals surface area contributed by atoms with E-state index < -0.39 is 5.97 Å². The van der Waals surface area contributed by atoms with E-state index in [1.54, 1.807) is 0 Å². The summed E-state index contributed by atoms with van der Waals surface area (Å²) in [5.41, 5.74) is 8.02. The molecule has 1 aliphatic rings. The van der Waals surface area contributed by atoms with Crippen molar-refractivity contribution in [2.45, 2.75) is 57.9 Å².